The van der Waals surface area contributed by atoms with Crippen molar-refractivity contribution in [3.8, 4) is 0 Å². The molecule has 0 rings (SSSR count). The van der Waals surface area contributed by atoms with Crippen molar-refractivity contribution in [2.45, 2.75) is 212 Å². The monoisotopic (exact) mass is 876 g/mol. The molecule has 0 aliphatic rings. The van der Waals surface area contributed by atoms with Gasteiger partial charge in [-0.05, 0) is 70.6 Å². The van der Waals surface area contributed by atoms with E-state index in [0.29, 0.717) is 23.9 Å². The van der Waals surface area contributed by atoms with Crippen LogP contribution in [0, 0.1) is 0 Å². The van der Waals surface area contributed by atoms with Crippen molar-refractivity contribution in [3.63, 3.8) is 0 Å². The Kier molecular flexibility index (Phi) is 41.7. The molecule has 0 saturated carbocycles. The molecule has 354 valence electrons. The van der Waals surface area contributed by atoms with Crippen LogP contribution in [0.3, 0.4) is 0 Å². The number of amides is 1. The minimum absolute atomic E-state index is 0.0447. The first kappa shape index (κ1) is 58.9. The highest BCUT2D eigenvalue weighted by Crippen LogP contribution is 2.43. The Morgan fingerprint density at radius 3 is 1.51 bits per heavy atom. The van der Waals surface area contributed by atoms with Gasteiger partial charge in [0.15, 0.2) is 0 Å². The Morgan fingerprint density at radius 1 is 0.574 bits per heavy atom. The smallest absolute Gasteiger partial charge is 0.387 e. The van der Waals surface area contributed by atoms with Crippen LogP contribution < -0.4 is 5.32 Å². The number of rotatable bonds is 44. The number of phosphoric ester groups is 1. The molecular formula is C52H96N2O6P+. The van der Waals surface area contributed by atoms with Crippen LogP contribution in [0.1, 0.15) is 200 Å². The molecule has 3 atom stereocenters. The van der Waals surface area contributed by atoms with E-state index in [-0.39, 0.29) is 19.1 Å². The summed E-state index contributed by atoms with van der Waals surface area (Å²) < 4.78 is 23.6. The molecule has 0 radical (unpaired) electrons. The van der Waals surface area contributed by atoms with Crippen molar-refractivity contribution in [1.82, 2.24) is 5.32 Å². The number of aliphatic hydroxyl groups excluding tert-OH is 1. The maximum Gasteiger partial charge on any atom is 0.472 e. The summed E-state index contributed by atoms with van der Waals surface area (Å²) in [7, 11) is 1.52. The van der Waals surface area contributed by atoms with Crippen molar-refractivity contribution < 1.29 is 32.9 Å². The maximum absolute atomic E-state index is 12.9. The predicted molar refractivity (Wildman–Crippen MR) is 263 cm³/mol. The number of nitrogens with zero attached hydrogens (tertiary/aromatic N) is 1. The van der Waals surface area contributed by atoms with Crippen LogP contribution in [0.4, 0.5) is 0 Å². The summed E-state index contributed by atoms with van der Waals surface area (Å²) in [6.07, 6.45) is 58.6. The summed E-state index contributed by atoms with van der Waals surface area (Å²) in [4.78, 5) is 23.1. The van der Waals surface area contributed by atoms with Gasteiger partial charge >= 0.3 is 7.82 Å². The second-order valence-corrected chi connectivity index (χ2v) is 19.3. The Bertz CT molecular complexity index is 1220. The Balaban J connectivity index is 4.40. The average molecular weight is 876 g/mol. The summed E-state index contributed by atoms with van der Waals surface area (Å²) >= 11 is 0. The lowest BCUT2D eigenvalue weighted by molar-refractivity contribution is -0.870. The zero-order chi connectivity index (χ0) is 45.0. The molecule has 0 heterocycles. The summed E-state index contributed by atoms with van der Waals surface area (Å²) in [5.41, 5.74) is 0. The second-order valence-electron chi connectivity index (χ2n) is 17.8. The van der Waals surface area contributed by atoms with Crippen molar-refractivity contribution in [1.29, 1.82) is 0 Å². The van der Waals surface area contributed by atoms with Crippen molar-refractivity contribution in [2.75, 3.05) is 40.9 Å². The molecule has 0 fully saturated rings. The summed E-state index contributed by atoms with van der Waals surface area (Å²) in [5, 5.41) is 13.8. The quantitative estimate of drug-likeness (QED) is 0.0244. The Labute approximate surface area is 376 Å². The zero-order valence-electron chi connectivity index (χ0n) is 40.1. The van der Waals surface area contributed by atoms with Gasteiger partial charge in [-0.25, -0.2) is 4.57 Å². The molecule has 3 unspecified atom stereocenters. The van der Waals surface area contributed by atoms with E-state index in [1.165, 1.54) is 116 Å². The van der Waals surface area contributed by atoms with Crippen LogP contribution in [0.15, 0.2) is 72.9 Å². The van der Waals surface area contributed by atoms with Gasteiger partial charge in [0, 0.05) is 6.42 Å². The standard InChI is InChI=1S/C52H95N2O6P/c1-6-8-10-12-14-16-18-20-22-23-24-25-26-27-28-29-30-32-33-35-37-39-41-43-45-51(55)50(49-60-61(57,58)59-48-47-54(3,4)5)53-52(56)46-44-42-40-38-36-34-31-21-19-17-15-13-11-9-7-2/h9,11,15,17,21,31,35-38,43,45,50-51,55H,6-8,10,12-14,16,18-20,22-30,32-34,39-42,44,46-49H2,1-5H3,(H-,53,56,57,58)/p+1/b11-9-,17-15-,31-21-,37-35+,38-36-,45-43+. The summed E-state index contributed by atoms with van der Waals surface area (Å²) in [5.74, 6) is -0.229. The highest BCUT2D eigenvalue weighted by molar-refractivity contribution is 7.47. The van der Waals surface area contributed by atoms with Crippen molar-refractivity contribution in [3.05, 3.63) is 72.9 Å². The van der Waals surface area contributed by atoms with E-state index < -0.39 is 20.0 Å². The number of phosphoric acid groups is 1. The number of unbranched alkanes of at least 4 members (excludes halogenated alkanes) is 21. The van der Waals surface area contributed by atoms with Gasteiger partial charge in [0.25, 0.3) is 0 Å². The van der Waals surface area contributed by atoms with Crippen LogP contribution in [0.2, 0.25) is 0 Å². The highest BCUT2D eigenvalue weighted by atomic mass is 31.2. The number of aliphatic hydroxyl groups is 1. The number of hydrogen-bond acceptors (Lipinski definition) is 5. The number of hydrogen-bond donors (Lipinski definition) is 3. The molecule has 9 heteroatoms. The molecule has 1 amide bonds. The van der Waals surface area contributed by atoms with Crippen LogP contribution in [-0.4, -0.2) is 73.4 Å². The molecule has 0 saturated heterocycles. The van der Waals surface area contributed by atoms with E-state index in [9.17, 15) is 19.4 Å². The van der Waals surface area contributed by atoms with E-state index in [2.05, 4.69) is 79.9 Å². The first-order valence-corrected chi connectivity index (χ1v) is 26.3. The highest BCUT2D eigenvalue weighted by Gasteiger charge is 2.27. The largest absolute Gasteiger partial charge is 0.472 e. The minimum atomic E-state index is -4.36. The number of quaternary nitrogens is 1. The molecule has 8 nitrogen and oxygen atoms in total. The van der Waals surface area contributed by atoms with Gasteiger partial charge in [-0.15, -0.1) is 0 Å². The van der Waals surface area contributed by atoms with E-state index in [4.69, 9.17) is 9.05 Å². The van der Waals surface area contributed by atoms with Gasteiger partial charge in [-0.1, -0.05) is 196 Å². The van der Waals surface area contributed by atoms with E-state index in [1.54, 1.807) is 6.08 Å². The first-order chi connectivity index (χ1) is 29.5. The van der Waals surface area contributed by atoms with E-state index >= 15 is 0 Å². The van der Waals surface area contributed by atoms with Gasteiger partial charge in [0.05, 0.1) is 39.9 Å². The molecule has 0 bridgehead atoms. The summed E-state index contributed by atoms with van der Waals surface area (Å²) in [6.45, 7) is 4.64. The third-order valence-electron chi connectivity index (χ3n) is 10.7. The van der Waals surface area contributed by atoms with Crippen LogP contribution in [0.5, 0.6) is 0 Å². The maximum atomic E-state index is 12.9. The summed E-state index contributed by atoms with van der Waals surface area (Å²) in [6, 6.07) is -0.888. The molecule has 0 aromatic rings. The molecule has 0 aromatic heterocycles. The molecule has 0 aromatic carbocycles. The molecule has 61 heavy (non-hydrogen) atoms. The zero-order valence-corrected chi connectivity index (χ0v) is 41.0. The van der Waals surface area contributed by atoms with Gasteiger partial charge in [-0.2, -0.15) is 0 Å². The van der Waals surface area contributed by atoms with E-state index in [1.807, 2.05) is 27.2 Å². The number of likely N-dealkylation sites (N-methyl/N-ethyl adjacent to an activating group) is 1. The molecule has 0 spiro atoms. The lowest BCUT2D eigenvalue weighted by atomic mass is 10.0. The fourth-order valence-electron chi connectivity index (χ4n) is 6.75. The lowest BCUT2D eigenvalue weighted by Gasteiger charge is -2.25. The molecule has 0 aliphatic heterocycles. The topological polar surface area (TPSA) is 105 Å². The lowest BCUT2D eigenvalue weighted by Crippen LogP contribution is -2.45. The average Bonchev–Trinajstić information content (AvgIpc) is 3.21. The van der Waals surface area contributed by atoms with Gasteiger partial charge in [0.1, 0.15) is 13.2 Å². The molecule has 0 aliphatic carbocycles. The van der Waals surface area contributed by atoms with E-state index in [0.717, 1.165) is 57.8 Å². The molecule has 3 N–H and O–H groups in total. The third-order valence-corrected chi connectivity index (χ3v) is 11.6. The van der Waals surface area contributed by atoms with Gasteiger partial charge in [0.2, 0.25) is 5.91 Å². The number of nitrogens with one attached hydrogen (secondary N) is 1. The normalized spacial score (nSPS) is 14.8. The van der Waals surface area contributed by atoms with Crippen molar-refractivity contribution >= 4 is 13.7 Å². The van der Waals surface area contributed by atoms with Crippen molar-refractivity contribution in [2.24, 2.45) is 0 Å². The predicted octanol–water partition coefficient (Wildman–Crippen LogP) is 14.4. The van der Waals surface area contributed by atoms with Gasteiger partial charge in [-0.3, -0.25) is 13.8 Å². The first-order valence-electron chi connectivity index (χ1n) is 24.8. The van der Waals surface area contributed by atoms with Crippen LogP contribution >= 0.6 is 7.82 Å². The molecular weight excluding hydrogens is 780 g/mol. The number of carbonyl (C=O) groups excluding carboxylic acids is 1. The fourth-order valence-corrected chi connectivity index (χ4v) is 7.49. The fraction of sp³-hybridized carbons (Fsp3) is 0.750. The SMILES string of the molecule is CC/C=C\C/C=C\C/C=C\C/C=C\CCCCC(=O)NC(COP(=O)(O)OCC[N+](C)(C)C)C(O)/C=C/CC/C=C/CCCCCCCCCCCCCCCCCCCC. The number of carbonyl (C=O) groups is 1. The minimum Gasteiger partial charge on any atom is -0.387 e. The van der Waals surface area contributed by atoms with Crippen LogP contribution in [-0.2, 0) is 18.4 Å². The second kappa shape index (κ2) is 43.2. The van der Waals surface area contributed by atoms with Crippen LogP contribution in [0.25, 0.3) is 0 Å². The Hall–Kier alpha value is -2.06. The Morgan fingerprint density at radius 2 is 1.00 bits per heavy atom. The third kappa shape index (κ3) is 45.8. The number of allylic oxidation sites excluding steroid dienone is 11. The van der Waals surface area contributed by atoms with Gasteiger partial charge < -0.3 is 19.8 Å².